The van der Waals surface area contributed by atoms with Crippen LogP contribution in [0.2, 0.25) is 0 Å². The lowest BCUT2D eigenvalue weighted by molar-refractivity contribution is 0.103. The van der Waals surface area contributed by atoms with E-state index in [0.29, 0.717) is 16.5 Å². The molecule has 1 aliphatic rings. The standard InChI is InChI=1S/C31H27N7O2S2/c1-20-5-10-26(42-20)29(39)33-23-4-2-3-21(19-23)27-28(38-15-18-41-31(38)36-27)25-11-12-32-30(35-25)34-22-6-8-24(9-7-22)37-13-16-40-17-14-37/h2-12,15,18-19H,13-14,16-17H2,1H3,(H,33,39)(H,32,34,35). The van der Waals surface area contributed by atoms with Gasteiger partial charge in [-0.3, -0.25) is 9.20 Å². The summed E-state index contributed by atoms with van der Waals surface area (Å²) in [5.74, 6) is 0.371. The summed E-state index contributed by atoms with van der Waals surface area (Å²) in [6.07, 6.45) is 3.75. The van der Waals surface area contributed by atoms with Crippen LogP contribution in [0.25, 0.3) is 27.6 Å². The van der Waals surface area contributed by atoms with Gasteiger partial charge in [-0.1, -0.05) is 12.1 Å². The van der Waals surface area contributed by atoms with Gasteiger partial charge in [0.15, 0.2) is 4.96 Å². The van der Waals surface area contributed by atoms with E-state index in [-0.39, 0.29) is 5.91 Å². The van der Waals surface area contributed by atoms with Crippen LogP contribution in [0.5, 0.6) is 0 Å². The number of thiazole rings is 1. The van der Waals surface area contributed by atoms with Crippen molar-refractivity contribution < 1.29 is 9.53 Å². The maximum atomic E-state index is 12.8. The quantitative estimate of drug-likeness (QED) is 0.212. The van der Waals surface area contributed by atoms with Crippen LogP contribution in [0.15, 0.2) is 84.5 Å². The second-order valence-corrected chi connectivity index (χ2v) is 12.0. The second-order valence-electron chi connectivity index (χ2n) is 9.85. The van der Waals surface area contributed by atoms with Crippen LogP contribution < -0.4 is 15.5 Å². The second kappa shape index (κ2) is 11.4. The van der Waals surface area contributed by atoms with Gasteiger partial charge in [-0.2, -0.15) is 0 Å². The fourth-order valence-corrected chi connectivity index (χ4v) is 6.46. The molecule has 210 valence electrons. The zero-order chi connectivity index (χ0) is 28.5. The number of ether oxygens (including phenoxy) is 1. The number of imidazole rings is 1. The van der Waals surface area contributed by atoms with Crippen molar-refractivity contribution in [2.75, 3.05) is 41.8 Å². The number of carbonyl (C=O) groups is 1. The van der Waals surface area contributed by atoms with Crippen LogP contribution in [0, 0.1) is 6.92 Å². The van der Waals surface area contributed by atoms with E-state index in [1.807, 2.05) is 77.5 Å². The number of carbonyl (C=O) groups excluding carboxylic acids is 1. The van der Waals surface area contributed by atoms with E-state index in [0.717, 1.165) is 64.5 Å². The predicted molar refractivity (Wildman–Crippen MR) is 169 cm³/mol. The van der Waals surface area contributed by atoms with Gasteiger partial charge in [-0.05, 0) is 61.5 Å². The van der Waals surface area contributed by atoms with Crippen molar-refractivity contribution in [2.24, 2.45) is 0 Å². The number of thiophene rings is 1. The summed E-state index contributed by atoms with van der Waals surface area (Å²) < 4.78 is 7.51. The number of benzene rings is 2. The molecule has 1 saturated heterocycles. The largest absolute Gasteiger partial charge is 0.378 e. The molecule has 0 atom stereocenters. The highest BCUT2D eigenvalue weighted by Gasteiger charge is 2.19. The third kappa shape index (κ3) is 5.37. The Morgan fingerprint density at radius 1 is 0.976 bits per heavy atom. The first-order chi connectivity index (χ1) is 20.6. The molecule has 2 aromatic carbocycles. The Bertz CT molecular complexity index is 1870. The van der Waals surface area contributed by atoms with E-state index in [9.17, 15) is 4.79 Å². The molecule has 5 heterocycles. The van der Waals surface area contributed by atoms with Crippen LogP contribution in [-0.2, 0) is 4.74 Å². The number of nitrogens with zero attached hydrogens (tertiary/aromatic N) is 5. The summed E-state index contributed by atoms with van der Waals surface area (Å²) in [5, 5.41) is 8.38. The van der Waals surface area contributed by atoms with Crippen LogP contribution in [0.4, 0.5) is 23.0 Å². The van der Waals surface area contributed by atoms with E-state index in [1.54, 1.807) is 17.5 Å². The highest BCUT2D eigenvalue weighted by Crippen LogP contribution is 2.35. The molecule has 2 N–H and O–H groups in total. The maximum Gasteiger partial charge on any atom is 0.265 e. The number of aromatic nitrogens is 4. The molecule has 9 nitrogen and oxygen atoms in total. The Hall–Kier alpha value is -4.58. The van der Waals surface area contributed by atoms with E-state index >= 15 is 0 Å². The molecule has 11 heteroatoms. The fourth-order valence-electron chi connectivity index (χ4n) is 4.98. The molecule has 42 heavy (non-hydrogen) atoms. The van der Waals surface area contributed by atoms with Gasteiger partial charge in [0.25, 0.3) is 5.91 Å². The van der Waals surface area contributed by atoms with Gasteiger partial charge in [-0.15, -0.1) is 22.7 Å². The van der Waals surface area contributed by atoms with Crippen LogP contribution in [-0.4, -0.2) is 51.6 Å². The highest BCUT2D eigenvalue weighted by atomic mass is 32.1. The summed E-state index contributed by atoms with van der Waals surface area (Å²) in [7, 11) is 0. The number of hydrogen-bond donors (Lipinski definition) is 2. The zero-order valence-electron chi connectivity index (χ0n) is 22.8. The van der Waals surface area contributed by atoms with Crippen molar-refractivity contribution in [1.29, 1.82) is 0 Å². The number of nitrogens with one attached hydrogen (secondary N) is 2. The third-order valence-corrected chi connectivity index (χ3v) is 8.77. The lowest BCUT2D eigenvalue weighted by Crippen LogP contribution is -2.36. The van der Waals surface area contributed by atoms with E-state index in [1.165, 1.54) is 17.0 Å². The Kier molecular flexibility index (Phi) is 7.12. The van der Waals surface area contributed by atoms with Crippen molar-refractivity contribution >= 4 is 56.6 Å². The molecular formula is C31H27N7O2S2. The first-order valence-electron chi connectivity index (χ1n) is 13.6. The van der Waals surface area contributed by atoms with Crippen LogP contribution in [0.3, 0.4) is 0 Å². The molecule has 1 amide bonds. The van der Waals surface area contributed by atoms with Crippen LogP contribution >= 0.6 is 22.7 Å². The highest BCUT2D eigenvalue weighted by molar-refractivity contribution is 7.15. The van der Waals surface area contributed by atoms with Crippen molar-refractivity contribution in [1.82, 2.24) is 19.4 Å². The van der Waals surface area contributed by atoms with Gasteiger partial charge in [0.2, 0.25) is 5.95 Å². The fraction of sp³-hybridized carbons (Fsp3) is 0.161. The normalized spacial score (nSPS) is 13.4. The molecule has 0 aliphatic carbocycles. The first-order valence-corrected chi connectivity index (χ1v) is 15.3. The summed E-state index contributed by atoms with van der Waals surface area (Å²) in [6, 6.07) is 21.7. The number of morpholine rings is 1. The average Bonchev–Trinajstić information content (AvgIpc) is 3.75. The van der Waals surface area contributed by atoms with Gasteiger partial charge in [0, 0.05) is 58.4 Å². The Labute approximate surface area is 250 Å². The maximum absolute atomic E-state index is 12.8. The van der Waals surface area contributed by atoms with Crippen molar-refractivity contribution in [3.05, 3.63) is 94.3 Å². The smallest absolute Gasteiger partial charge is 0.265 e. The Balaban J connectivity index is 1.17. The molecule has 1 fully saturated rings. The van der Waals surface area contributed by atoms with Gasteiger partial charge in [0.05, 0.1) is 29.5 Å². The third-order valence-electron chi connectivity index (χ3n) is 7.02. The molecule has 0 spiro atoms. The Morgan fingerprint density at radius 3 is 2.64 bits per heavy atom. The monoisotopic (exact) mass is 593 g/mol. The van der Waals surface area contributed by atoms with Crippen LogP contribution in [0.1, 0.15) is 14.5 Å². The van der Waals surface area contributed by atoms with Gasteiger partial charge < -0.3 is 20.3 Å². The Morgan fingerprint density at radius 2 is 1.83 bits per heavy atom. The topological polar surface area (TPSA) is 96.7 Å². The summed E-state index contributed by atoms with van der Waals surface area (Å²) in [4.78, 5) is 32.1. The molecule has 0 saturated carbocycles. The molecule has 0 unspecified atom stereocenters. The van der Waals surface area contributed by atoms with E-state index in [2.05, 4.69) is 32.7 Å². The molecule has 1 aliphatic heterocycles. The minimum atomic E-state index is -0.124. The number of hydrogen-bond acceptors (Lipinski definition) is 9. The van der Waals surface area contributed by atoms with E-state index in [4.69, 9.17) is 14.7 Å². The summed E-state index contributed by atoms with van der Waals surface area (Å²) in [6.45, 7) is 5.29. The van der Waals surface area contributed by atoms with Crippen molar-refractivity contribution in [3.63, 3.8) is 0 Å². The number of aryl methyl sites for hydroxylation is 1. The van der Waals surface area contributed by atoms with Gasteiger partial charge in [-0.25, -0.2) is 15.0 Å². The average molecular weight is 594 g/mol. The van der Waals surface area contributed by atoms with Crippen molar-refractivity contribution in [2.45, 2.75) is 6.92 Å². The van der Waals surface area contributed by atoms with Crippen molar-refractivity contribution in [3.8, 4) is 22.6 Å². The minimum Gasteiger partial charge on any atom is -0.378 e. The number of fused-ring (bicyclic) bond motifs is 1. The van der Waals surface area contributed by atoms with E-state index < -0.39 is 0 Å². The summed E-state index contributed by atoms with van der Waals surface area (Å²) in [5.41, 5.74) is 6.04. The van der Waals surface area contributed by atoms with Gasteiger partial charge in [0.1, 0.15) is 5.69 Å². The minimum absolute atomic E-state index is 0.124. The number of anilines is 4. The number of amides is 1. The molecular weight excluding hydrogens is 567 g/mol. The summed E-state index contributed by atoms with van der Waals surface area (Å²) >= 11 is 3.03. The SMILES string of the molecule is Cc1ccc(C(=O)Nc2cccc(-c3nc4sccn4c3-c3ccnc(Nc4ccc(N5CCOCC5)cc4)n3)c2)s1. The molecule has 6 aromatic rings. The first kappa shape index (κ1) is 26.3. The number of rotatable bonds is 7. The zero-order valence-corrected chi connectivity index (χ0v) is 24.4. The molecule has 0 bridgehead atoms. The predicted octanol–water partition coefficient (Wildman–Crippen LogP) is 6.72. The molecule has 7 rings (SSSR count). The lowest BCUT2D eigenvalue weighted by atomic mass is 10.1. The molecule has 4 aromatic heterocycles. The lowest BCUT2D eigenvalue weighted by Gasteiger charge is -2.28. The van der Waals surface area contributed by atoms with Gasteiger partial charge >= 0.3 is 0 Å². The molecule has 0 radical (unpaired) electrons.